The number of carbonyl (C=O) groups is 1. The third-order valence-electron chi connectivity index (χ3n) is 3.93. The second-order valence-electron chi connectivity index (χ2n) is 6.01. The van der Waals surface area contributed by atoms with Crippen LogP contribution in [-0.4, -0.2) is 23.4 Å². The minimum Gasteiger partial charge on any atom is -0.508 e. The van der Waals surface area contributed by atoms with Crippen molar-refractivity contribution >= 4 is 17.7 Å². The minimum absolute atomic E-state index is 0.0433. The van der Waals surface area contributed by atoms with E-state index in [0.29, 0.717) is 18.2 Å². The molecule has 25 heavy (non-hydrogen) atoms. The number of phenolic OH excluding ortho intramolecular Hbond substituents is 1. The average Bonchev–Trinajstić information content (AvgIpc) is 2.60. The average molecular weight is 359 g/mol. The number of hydrogen-bond acceptors (Lipinski definition) is 4. The van der Waals surface area contributed by atoms with E-state index in [0.717, 1.165) is 28.2 Å². The van der Waals surface area contributed by atoms with E-state index in [9.17, 15) is 9.90 Å². The van der Waals surface area contributed by atoms with Crippen molar-refractivity contribution in [3.63, 3.8) is 0 Å². The molecule has 2 aromatic rings. The van der Waals surface area contributed by atoms with Crippen LogP contribution in [0.1, 0.15) is 30.9 Å². The Morgan fingerprint density at radius 1 is 1.24 bits per heavy atom. The fraction of sp³-hybridized carbons (Fsp3) is 0.350. The Kier molecular flexibility index (Phi) is 7.19. The second-order valence-corrected chi connectivity index (χ2v) is 7.52. The van der Waals surface area contributed by atoms with Crippen LogP contribution in [0.5, 0.6) is 11.5 Å². The number of aromatic hydroxyl groups is 1. The topological polar surface area (TPSA) is 58.6 Å². The number of methoxy groups -OCH3 is 1. The molecular weight excluding hydrogens is 334 g/mol. The van der Waals surface area contributed by atoms with E-state index < -0.39 is 0 Å². The summed E-state index contributed by atoms with van der Waals surface area (Å²) in [6, 6.07) is 13.1. The molecule has 0 fully saturated rings. The number of aryl methyl sites for hydroxylation is 1. The Morgan fingerprint density at radius 2 is 1.96 bits per heavy atom. The number of amides is 1. The quantitative estimate of drug-likeness (QED) is 0.691. The number of thioether (sulfide) groups is 1. The highest BCUT2D eigenvalue weighted by molar-refractivity contribution is 7.99. The summed E-state index contributed by atoms with van der Waals surface area (Å²) in [6.07, 6.45) is 1.28. The zero-order valence-corrected chi connectivity index (χ0v) is 15.7. The summed E-state index contributed by atoms with van der Waals surface area (Å²) < 4.78 is 5.41. The highest BCUT2D eigenvalue weighted by Gasteiger charge is 2.10. The van der Waals surface area contributed by atoms with Gasteiger partial charge in [-0.05, 0) is 43.2 Å². The largest absolute Gasteiger partial charge is 0.508 e. The molecule has 4 nitrogen and oxygen atoms in total. The molecule has 0 aliphatic heterocycles. The number of hydrogen-bond donors (Lipinski definition) is 2. The van der Waals surface area contributed by atoms with Crippen LogP contribution in [0.4, 0.5) is 0 Å². The highest BCUT2D eigenvalue weighted by Crippen LogP contribution is 2.27. The Bertz CT molecular complexity index is 701. The molecule has 1 unspecified atom stereocenters. The molecule has 0 spiro atoms. The molecule has 5 heteroatoms. The van der Waals surface area contributed by atoms with E-state index in [1.807, 2.05) is 37.3 Å². The van der Waals surface area contributed by atoms with Crippen molar-refractivity contribution in [2.24, 2.45) is 0 Å². The molecule has 0 saturated heterocycles. The molecule has 0 bridgehead atoms. The monoisotopic (exact) mass is 359 g/mol. The van der Waals surface area contributed by atoms with Crippen molar-refractivity contribution in [1.29, 1.82) is 0 Å². The molecule has 0 heterocycles. The Balaban J connectivity index is 1.77. The number of phenols is 1. The third-order valence-corrected chi connectivity index (χ3v) is 5.11. The van der Waals surface area contributed by atoms with Crippen molar-refractivity contribution in [3.05, 3.63) is 53.6 Å². The van der Waals surface area contributed by atoms with E-state index in [-0.39, 0.29) is 11.7 Å². The number of ether oxygens (including phenoxy) is 1. The van der Waals surface area contributed by atoms with Crippen LogP contribution in [0.25, 0.3) is 0 Å². The molecule has 0 aliphatic rings. The fourth-order valence-corrected chi connectivity index (χ4v) is 3.57. The van der Waals surface area contributed by atoms with Gasteiger partial charge in [0.15, 0.2) is 0 Å². The normalized spacial score (nSPS) is 11.8. The maximum atomic E-state index is 12.1. The van der Waals surface area contributed by atoms with Gasteiger partial charge in [0.25, 0.3) is 0 Å². The third kappa shape index (κ3) is 6.02. The van der Waals surface area contributed by atoms with E-state index in [4.69, 9.17) is 4.74 Å². The number of benzene rings is 2. The van der Waals surface area contributed by atoms with Crippen LogP contribution in [-0.2, 0) is 11.3 Å². The highest BCUT2D eigenvalue weighted by atomic mass is 32.2. The number of nitrogens with one attached hydrogen (secondary N) is 1. The van der Waals surface area contributed by atoms with Gasteiger partial charge in [0, 0.05) is 28.7 Å². The molecule has 0 aliphatic carbocycles. The van der Waals surface area contributed by atoms with Crippen molar-refractivity contribution in [1.82, 2.24) is 5.32 Å². The zero-order chi connectivity index (χ0) is 18.2. The van der Waals surface area contributed by atoms with Gasteiger partial charge in [-0.15, -0.1) is 11.8 Å². The maximum absolute atomic E-state index is 12.1. The summed E-state index contributed by atoms with van der Waals surface area (Å²) >= 11 is 1.71. The second kappa shape index (κ2) is 9.37. The molecular formula is C20H25NO3S. The van der Waals surface area contributed by atoms with Gasteiger partial charge in [0.05, 0.1) is 7.11 Å². The first-order valence-electron chi connectivity index (χ1n) is 8.34. The Hall–Kier alpha value is -2.14. The van der Waals surface area contributed by atoms with Crippen LogP contribution in [0.2, 0.25) is 0 Å². The number of rotatable bonds is 8. The number of carbonyl (C=O) groups excluding carboxylic acids is 1. The van der Waals surface area contributed by atoms with E-state index >= 15 is 0 Å². The van der Waals surface area contributed by atoms with Crippen LogP contribution >= 0.6 is 11.8 Å². The lowest BCUT2D eigenvalue weighted by molar-refractivity contribution is -0.121. The molecule has 134 valence electrons. The lowest BCUT2D eigenvalue weighted by atomic mass is 10.1. The molecule has 1 amide bonds. The molecule has 2 N–H and O–H groups in total. The lowest BCUT2D eigenvalue weighted by Crippen LogP contribution is -2.23. The van der Waals surface area contributed by atoms with Crippen LogP contribution < -0.4 is 10.1 Å². The predicted octanol–water partition coefficient (Wildman–Crippen LogP) is 4.29. The van der Waals surface area contributed by atoms with Gasteiger partial charge in [-0.2, -0.15) is 0 Å². The number of para-hydroxylation sites is 1. The summed E-state index contributed by atoms with van der Waals surface area (Å²) in [6.45, 7) is 4.57. The van der Waals surface area contributed by atoms with Crippen LogP contribution in [0.3, 0.4) is 0 Å². The van der Waals surface area contributed by atoms with Crippen molar-refractivity contribution in [2.45, 2.75) is 43.4 Å². The van der Waals surface area contributed by atoms with Gasteiger partial charge >= 0.3 is 0 Å². The SMILES string of the molecule is COc1c(C)cccc1CNC(=O)CCC(C)Sc1ccc(O)cc1. The summed E-state index contributed by atoms with van der Waals surface area (Å²) in [5, 5.41) is 12.6. The van der Waals surface area contributed by atoms with Crippen molar-refractivity contribution in [3.8, 4) is 11.5 Å². The van der Waals surface area contributed by atoms with Gasteiger partial charge in [-0.25, -0.2) is 0 Å². The Morgan fingerprint density at radius 3 is 2.64 bits per heavy atom. The Labute approximate surface area is 153 Å². The molecule has 0 aromatic heterocycles. The summed E-state index contributed by atoms with van der Waals surface area (Å²) in [4.78, 5) is 13.2. The maximum Gasteiger partial charge on any atom is 0.220 e. The van der Waals surface area contributed by atoms with Crippen molar-refractivity contribution in [2.75, 3.05) is 7.11 Å². The van der Waals surface area contributed by atoms with E-state index in [1.54, 1.807) is 31.0 Å². The first-order chi connectivity index (χ1) is 12.0. The first-order valence-corrected chi connectivity index (χ1v) is 9.22. The molecule has 1 atom stereocenters. The zero-order valence-electron chi connectivity index (χ0n) is 14.9. The van der Waals surface area contributed by atoms with Crippen LogP contribution in [0.15, 0.2) is 47.4 Å². The van der Waals surface area contributed by atoms with E-state index in [2.05, 4.69) is 12.2 Å². The van der Waals surface area contributed by atoms with Crippen molar-refractivity contribution < 1.29 is 14.6 Å². The van der Waals surface area contributed by atoms with Crippen LogP contribution in [0, 0.1) is 6.92 Å². The molecule has 0 radical (unpaired) electrons. The summed E-state index contributed by atoms with van der Waals surface area (Å²) in [7, 11) is 1.65. The summed E-state index contributed by atoms with van der Waals surface area (Å²) in [5.74, 6) is 1.14. The molecule has 0 saturated carbocycles. The predicted molar refractivity (Wildman–Crippen MR) is 102 cm³/mol. The van der Waals surface area contributed by atoms with Gasteiger partial charge in [0.1, 0.15) is 11.5 Å². The fourth-order valence-electron chi connectivity index (χ4n) is 2.58. The standard InChI is InChI=1S/C20H25NO3S/c1-14-5-4-6-16(20(14)24-3)13-21-19(23)12-7-15(2)25-18-10-8-17(22)9-11-18/h4-6,8-11,15,22H,7,12-13H2,1-3H3,(H,21,23). The molecule has 2 aromatic carbocycles. The van der Waals surface area contributed by atoms with Gasteiger partial charge in [0.2, 0.25) is 5.91 Å². The van der Waals surface area contributed by atoms with Gasteiger partial charge in [-0.1, -0.05) is 25.1 Å². The van der Waals surface area contributed by atoms with Gasteiger partial charge in [-0.3, -0.25) is 4.79 Å². The first kappa shape index (κ1) is 19.2. The smallest absolute Gasteiger partial charge is 0.220 e. The lowest BCUT2D eigenvalue weighted by Gasteiger charge is -2.13. The van der Waals surface area contributed by atoms with E-state index in [1.165, 1.54) is 0 Å². The summed E-state index contributed by atoms with van der Waals surface area (Å²) in [5.41, 5.74) is 2.05. The minimum atomic E-state index is 0.0433. The molecule has 2 rings (SSSR count). The van der Waals surface area contributed by atoms with Gasteiger partial charge < -0.3 is 15.2 Å².